The van der Waals surface area contributed by atoms with E-state index in [0.29, 0.717) is 24.1 Å². The van der Waals surface area contributed by atoms with Crippen molar-refractivity contribution in [2.24, 2.45) is 0 Å². The number of nitrogens with zero attached hydrogens (tertiary/aromatic N) is 1. The Labute approximate surface area is 224 Å². The molecule has 0 aliphatic rings. The minimum absolute atomic E-state index is 0.119. The maximum Gasteiger partial charge on any atom is 0.226 e. The minimum Gasteiger partial charge on any atom is -0.440 e. The molecule has 1 aromatic heterocycles. The third-order valence-corrected chi connectivity index (χ3v) is 6.74. The Balaban J connectivity index is 1.98. The molecule has 0 amide bonds. The molecule has 0 fully saturated rings. The van der Waals surface area contributed by atoms with E-state index >= 15 is 0 Å². The summed E-state index contributed by atoms with van der Waals surface area (Å²) >= 11 is 0. The second-order valence-electron chi connectivity index (χ2n) is 10.2. The smallest absolute Gasteiger partial charge is 0.226 e. The first-order valence-corrected chi connectivity index (χ1v) is 13.8. The summed E-state index contributed by atoms with van der Waals surface area (Å²) in [7, 11) is 0. The molecule has 0 radical (unpaired) electrons. The number of allylic oxidation sites excluding steroid dienone is 5. The van der Waals surface area contributed by atoms with Crippen molar-refractivity contribution in [1.29, 1.82) is 0 Å². The Hall–Kier alpha value is -3.17. The first-order chi connectivity index (χ1) is 18.0. The molecule has 1 unspecified atom stereocenters. The Morgan fingerprint density at radius 1 is 0.919 bits per heavy atom. The predicted molar refractivity (Wildman–Crippen MR) is 158 cm³/mol. The fourth-order valence-corrected chi connectivity index (χ4v) is 4.76. The molecule has 0 spiro atoms. The van der Waals surface area contributed by atoms with Crippen LogP contribution in [0.1, 0.15) is 99.9 Å². The van der Waals surface area contributed by atoms with Crippen molar-refractivity contribution in [3.05, 3.63) is 114 Å². The van der Waals surface area contributed by atoms with Crippen LogP contribution in [0.4, 0.5) is 0 Å². The number of hydrogen-bond donors (Lipinski definition) is 1. The highest BCUT2D eigenvalue weighted by atomic mass is 16.4. The Bertz CT molecular complexity index is 1140. The monoisotopic (exact) mass is 496 g/mol. The summed E-state index contributed by atoms with van der Waals surface area (Å²) in [6.07, 6.45) is 13.9. The number of oxazole rings is 1. The standard InChI is InChI=1S/C34H44N2O/c1-7-9-11-12-16-23-32-33(36-34(37-32)27-18-14-13-15-19-27)31(22-10-8-2)35-24-30-28(25(3)4)20-17-21-29(30)26(5)6/h7,9,11-21,25-26,31,35H,1,8,10,22-24H2,2-6H3/b11-9-,16-12-. The maximum atomic E-state index is 6.40. The molecule has 0 saturated heterocycles. The summed E-state index contributed by atoms with van der Waals surface area (Å²) in [5.74, 6) is 2.57. The van der Waals surface area contributed by atoms with Gasteiger partial charge in [0.25, 0.3) is 0 Å². The normalized spacial score (nSPS) is 12.8. The highest BCUT2D eigenvalue weighted by molar-refractivity contribution is 5.53. The van der Waals surface area contributed by atoms with E-state index in [1.54, 1.807) is 6.08 Å². The van der Waals surface area contributed by atoms with Gasteiger partial charge in [0.15, 0.2) is 0 Å². The van der Waals surface area contributed by atoms with Crippen LogP contribution in [0.25, 0.3) is 11.5 Å². The molecular weight excluding hydrogens is 452 g/mol. The van der Waals surface area contributed by atoms with Gasteiger partial charge in [-0.3, -0.25) is 0 Å². The van der Waals surface area contributed by atoms with Gasteiger partial charge in [0.05, 0.1) is 6.04 Å². The number of unbranched alkanes of at least 4 members (excludes halogenated alkanes) is 1. The second-order valence-corrected chi connectivity index (χ2v) is 10.2. The number of rotatable bonds is 14. The number of nitrogens with one attached hydrogen (secondary N) is 1. The molecule has 0 bridgehead atoms. The summed E-state index contributed by atoms with van der Waals surface area (Å²) in [5, 5.41) is 3.92. The van der Waals surface area contributed by atoms with Gasteiger partial charge in [-0.15, -0.1) is 0 Å². The summed E-state index contributed by atoms with van der Waals surface area (Å²) in [5.41, 5.74) is 6.31. The van der Waals surface area contributed by atoms with Gasteiger partial charge in [0.1, 0.15) is 11.5 Å². The zero-order chi connectivity index (χ0) is 26.6. The lowest BCUT2D eigenvalue weighted by atomic mass is 9.88. The van der Waals surface area contributed by atoms with Gasteiger partial charge >= 0.3 is 0 Å². The lowest BCUT2D eigenvalue weighted by molar-refractivity contribution is 0.455. The number of benzene rings is 2. The summed E-state index contributed by atoms with van der Waals surface area (Å²) in [6, 6.07) is 17.1. The molecule has 1 heterocycles. The van der Waals surface area contributed by atoms with Gasteiger partial charge in [-0.2, -0.15) is 0 Å². The van der Waals surface area contributed by atoms with E-state index in [9.17, 15) is 0 Å². The van der Waals surface area contributed by atoms with Crippen LogP contribution in [0.15, 0.2) is 89.9 Å². The highest BCUT2D eigenvalue weighted by Gasteiger charge is 2.23. The first-order valence-electron chi connectivity index (χ1n) is 13.8. The highest BCUT2D eigenvalue weighted by Crippen LogP contribution is 2.32. The quantitative estimate of drug-likeness (QED) is 0.226. The fourth-order valence-electron chi connectivity index (χ4n) is 4.76. The van der Waals surface area contributed by atoms with Crippen LogP contribution < -0.4 is 5.32 Å². The Morgan fingerprint density at radius 3 is 2.24 bits per heavy atom. The van der Waals surface area contributed by atoms with Crippen molar-refractivity contribution in [2.45, 2.75) is 84.7 Å². The molecule has 3 heteroatoms. The van der Waals surface area contributed by atoms with Crippen LogP contribution >= 0.6 is 0 Å². The van der Waals surface area contributed by atoms with E-state index in [1.165, 1.54) is 16.7 Å². The van der Waals surface area contributed by atoms with Crippen LogP contribution in [-0.4, -0.2) is 4.98 Å². The van der Waals surface area contributed by atoms with Crippen LogP contribution in [0.3, 0.4) is 0 Å². The lowest BCUT2D eigenvalue weighted by Crippen LogP contribution is -2.24. The van der Waals surface area contributed by atoms with Gasteiger partial charge < -0.3 is 9.73 Å². The summed E-state index contributed by atoms with van der Waals surface area (Å²) in [4.78, 5) is 5.08. The molecule has 2 aromatic carbocycles. The van der Waals surface area contributed by atoms with Gasteiger partial charge in [-0.1, -0.05) is 121 Å². The molecule has 196 valence electrons. The average molecular weight is 497 g/mol. The zero-order valence-corrected chi connectivity index (χ0v) is 23.3. The number of hydrogen-bond acceptors (Lipinski definition) is 3. The van der Waals surface area contributed by atoms with Gasteiger partial charge in [-0.05, 0) is 47.1 Å². The molecule has 1 atom stereocenters. The van der Waals surface area contributed by atoms with Crippen molar-refractivity contribution in [3.8, 4) is 11.5 Å². The molecule has 0 aliphatic carbocycles. The van der Waals surface area contributed by atoms with Gasteiger partial charge in [0, 0.05) is 18.5 Å². The molecule has 3 rings (SSSR count). The van der Waals surface area contributed by atoms with E-state index in [0.717, 1.165) is 42.8 Å². The van der Waals surface area contributed by atoms with E-state index in [2.05, 4.69) is 82.9 Å². The third-order valence-electron chi connectivity index (χ3n) is 6.74. The van der Waals surface area contributed by atoms with Crippen LogP contribution in [-0.2, 0) is 13.0 Å². The lowest BCUT2D eigenvalue weighted by Gasteiger charge is -2.23. The Morgan fingerprint density at radius 2 is 1.62 bits per heavy atom. The second kappa shape index (κ2) is 14.5. The van der Waals surface area contributed by atoms with Gasteiger partial charge in [-0.25, -0.2) is 4.98 Å². The van der Waals surface area contributed by atoms with Crippen LogP contribution in [0.5, 0.6) is 0 Å². The molecule has 3 nitrogen and oxygen atoms in total. The van der Waals surface area contributed by atoms with Gasteiger partial charge in [0.2, 0.25) is 5.89 Å². The zero-order valence-electron chi connectivity index (χ0n) is 23.3. The SMILES string of the molecule is C=C/C=C\C=C/Cc1oc(-c2ccccc2)nc1C(CCCC)NCc1c(C(C)C)cccc1C(C)C. The van der Waals surface area contributed by atoms with Crippen molar-refractivity contribution >= 4 is 0 Å². The number of aromatic nitrogens is 1. The molecular formula is C34H44N2O. The van der Waals surface area contributed by atoms with Crippen molar-refractivity contribution in [2.75, 3.05) is 0 Å². The fraction of sp³-hybridized carbons (Fsp3) is 0.382. The van der Waals surface area contributed by atoms with Crippen LogP contribution in [0.2, 0.25) is 0 Å². The molecule has 3 aromatic rings. The summed E-state index contributed by atoms with van der Waals surface area (Å²) < 4.78 is 6.40. The van der Waals surface area contributed by atoms with E-state index in [4.69, 9.17) is 9.40 Å². The minimum atomic E-state index is 0.119. The first kappa shape index (κ1) is 28.4. The van der Waals surface area contributed by atoms with E-state index < -0.39 is 0 Å². The molecule has 1 N–H and O–H groups in total. The molecule has 0 saturated carbocycles. The average Bonchev–Trinajstić information content (AvgIpc) is 3.32. The molecule has 0 aliphatic heterocycles. The molecule has 37 heavy (non-hydrogen) atoms. The predicted octanol–water partition coefficient (Wildman–Crippen LogP) is 9.45. The largest absolute Gasteiger partial charge is 0.440 e. The van der Waals surface area contributed by atoms with E-state index in [-0.39, 0.29) is 6.04 Å². The Kier molecular flexibility index (Phi) is 11.2. The maximum absolute atomic E-state index is 6.40. The van der Waals surface area contributed by atoms with Crippen LogP contribution in [0, 0.1) is 0 Å². The van der Waals surface area contributed by atoms with Crippen molar-refractivity contribution < 1.29 is 4.42 Å². The summed E-state index contributed by atoms with van der Waals surface area (Å²) in [6.45, 7) is 15.9. The third kappa shape index (κ3) is 7.90. The van der Waals surface area contributed by atoms with Crippen molar-refractivity contribution in [1.82, 2.24) is 10.3 Å². The topological polar surface area (TPSA) is 38.1 Å². The van der Waals surface area contributed by atoms with Crippen molar-refractivity contribution in [3.63, 3.8) is 0 Å². The van der Waals surface area contributed by atoms with E-state index in [1.807, 2.05) is 36.4 Å².